The van der Waals surface area contributed by atoms with Crippen LogP contribution in [0.15, 0.2) is 24.3 Å². The van der Waals surface area contributed by atoms with E-state index in [-0.39, 0.29) is 23.6 Å². The van der Waals surface area contributed by atoms with E-state index in [0.717, 1.165) is 11.4 Å². The van der Waals surface area contributed by atoms with Gasteiger partial charge >= 0.3 is 0 Å². The molecule has 0 bridgehead atoms. The topological polar surface area (TPSA) is 93.8 Å². The molecule has 3 N–H and O–H groups in total. The second-order valence-corrected chi connectivity index (χ2v) is 4.65. The first-order valence-electron chi connectivity index (χ1n) is 6.31. The van der Waals surface area contributed by atoms with Gasteiger partial charge in [0.25, 0.3) is 5.91 Å². The Morgan fingerprint density at radius 1 is 1.20 bits per heavy atom. The summed E-state index contributed by atoms with van der Waals surface area (Å²) in [6.45, 7) is 5.55. The molecule has 0 aliphatic heterocycles. The van der Waals surface area contributed by atoms with Gasteiger partial charge in [0, 0.05) is 11.4 Å². The van der Waals surface area contributed by atoms with Crippen molar-refractivity contribution in [3.63, 3.8) is 0 Å². The summed E-state index contributed by atoms with van der Waals surface area (Å²) in [5.74, 6) is -0.200. The molecule has 6 nitrogen and oxygen atoms in total. The van der Waals surface area contributed by atoms with Gasteiger partial charge in [0.2, 0.25) is 5.95 Å². The highest BCUT2D eigenvalue weighted by Gasteiger charge is 2.14. The van der Waals surface area contributed by atoms with Crippen LogP contribution in [0.2, 0.25) is 0 Å². The summed E-state index contributed by atoms with van der Waals surface area (Å²) in [6, 6.07) is 7.08. The van der Waals surface area contributed by atoms with Gasteiger partial charge in [-0.15, -0.1) is 0 Å². The second-order valence-electron chi connectivity index (χ2n) is 4.65. The van der Waals surface area contributed by atoms with Crippen molar-refractivity contribution >= 4 is 11.9 Å². The lowest BCUT2D eigenvalue weighted by Crippen LogP contribution is -2.28. The molecule has 0 aliphatic rings. The predicted molar refractivity (Wildman–Crippen MR) is 76.0 cm³/mol. The number of rotatable bonds is 3. The normalized spacial score (nSPS) is 11.9. The number of nitrogens with zero attached hydrogens (tertiary/aromatic N) is 3. The minimum absolute atomic E-state index is 0.0940. The van der Waals surface area contributed by atoms with Gasteiger partial charge in [-0.2, -0.15) is 0 Å². The minimum atomic E-state index is -0.294. The number of carbonyl (C=O) groups is 1. The van der Waals surface area contributed by atoms with Gasteiger partial charge in [-0.25, -0.2) is 9.97 Å². The van der Waals surface area contributed by atoms with Crippen LogP contribution in [-0.2, 0) is 0 Å². The third-order valence-electron chi connectivity index (χ3n) is 2.81. The van der Waals surface area contributed by atoms with Crippen LogP contribution in [0.4, 0.5) is 5.95 Å². The van der Waals surface area contributed by atoms with E-state index in [4.69, 9.17) is 5.73 Å². The summed E-state index contributed by atoms with van der Waals surface area (Å²) < 4.78 is 0. The fourth-order valence-corrected chi connectivity index (χ4v) is 1.86. The van der Waals surface area contributed by atoms with Gasteiger partial charge in [0.1, 0.15) is 5.69 Å². The summed E-state index contributed by atoms with van der Waals surface area (Å²) in [7, 11) is 0. The van der Waals surface area contributed by atoms with Crippen LogP contribution in [0.3, 0.4) is 0 Å². The number of pyridine rings is 1. The Bertz CT molecular complexity index is 621. The van der Waals surface area contributed by atoms with E-state index in [2.05, 4.69) is 20.3 Å². The molecular weight excluding hydrogens is 254 g/mol. The molecular formula is C14H17N5O. The van der Waals surface area contributed by atoms with Crippen molar-refractivity contribution in [2.75, 3.05) is 5.73 Å². The zero-order valence-corrected chi connectivity index (χ0v) is 11.7. The maximum absolute atomic E-state index is 12.1. The molecule has 0 spiro atoms. The first-order valence-corrected chi connectivity index (χ1v) is 6.31. The van der Waals surface area contributed by atoms with E-state index in [9.17, 15) is 4.79 Å². The smallest absolute Gasteiger partial charge is 0.270 e. The van der Waals surface area contributed by atoms with Crippen LogP contribution in [-0.4, -0.2) is 20.9 Å². The maximum atomic E-state index is 12.1. The fourth-order valence-electron chi connectivity index (χ4n) is 1.86. The van der Waals surface area contributed by atoms with Crippen molar-refractivity contribution in [2.24, 2.45) is 0 Å². The van der Waals surface area contributed by atoms with Crippen molar-refractivity contribution in [3.05, 3.63) is 47.0 Å². The molecule has 0 saturated heterocycles. The van der Waals surface area contributed by atoms with Crippen LogP contribution in [0.1, 0.15) is 40.5 Å². The Morgan fingerprint density at radius 3 is 2.60 bits per heavy atom. The average molecular weight is 271 g/mol. The third-order valence-corrected chi connectivity index (χ3v) is 2.81. The average Bonchev–Trinajstić information content (AvgIpc) is 2.37. The summed E-state index contributed by atoms with van der Waals surface area (Å²) >= 11 is 0. The Kier molecular flexibility index (Phi) is 3.93. The number of anilines is 1. The lowest BCUT2D eigenvalue weighted by Gasteiger charge is -2.13. The Hall–Kier alpha value is -2.50. The van der Waals surface area contributed by atoms with E-state index in [1.807, 2.05) is 32.0 Å². The van der Waals surface area contributed by atoms with Crippen LogP contribution in [0.5, 0.6) is 0 Å². The van der Waals surface area contributed by atoms with E-state index in [1.54, 1.807) is 13.0 Å². The fraction of sp³-hybridized carbons (Fsp3) is 0.286. The second kappa shape index (κ2) is 5.64. The summed E-state index contributed by atoms with van der Waals surface area (Å²) in [6.07, 6.45) is 0. The van der Waals surface area contributed by atoms with Gasteiger partial charge in [0.15, 0.2) is 0 Å². The van der Waals surface area contributed by atoms with Crippen molar-refractivity contribution < 1.29 is 4.79 Å². The molecule has 0 unspecified atom stereocenters. The molecule has 0 saturated carbocycles. The molecule has 1 atom stereocenters. The number of hydrogen-bond donors (Lipinski definition) is 2. The van der Waals surface area contributed by atoms with Gasteiger partial charge < -0.3 is 11.1 Å². The number of nitrogens with two attached hydrogens (primary N) is 1. The molecule has 104 valence electrons. The number of nitrogen functional groups attached to an aromatic ring is 1. The van der Waals surface area contributed by atoms with Gasteiger partial charge in [-0.3, -0.25) is 9.78 Å². The Morgan fingerprint density at radius 2 is 1.95 bits per heavy atom. The van der Waals surface area contributed by atoms with E-state index in [0.29, 0.717) is 5.69 Å². The summed E-state index contributed by atoms with van der Waals surface area (Å²) in [5.41, 5.74) is 8.17. The first-order chi connectivity index (χ1) is 9.45. The van der Waals surface area contributed by atoms with Crippen LogP contribution < -0.4 is 11.1 Å². The molecule has 2 aromatic heterocycles. The van der Waals surface area contributed by atoms with Crippen molar-refractivity contribution in [1.82, 2.24) is 20.3 Å². The lowest BCUT2D eigenvalue weighted by molar-refractivity contribution is 0.0934. The molecule has 1 amide bonds. The van der Waals surface area contributed by atoms with Gasteiger partial charge in [-0.1, -0.05) is 6.07 Å². The van der Waals surface area contributed by atoms with Crippen LogP contribution in [0.25, 0.3) is 0 Å². The van der Waals surface area contributed by atoms with Crippen molar-refractivity contribution in [1.29, 1.82) is 0 Å². The van der Waals surface area contributed by atoms with E-state index < -0.39 is 0 Å². The molecule has 0 aliphatic carbocycles. The monoisotopic (exact) mass is 271 g/mol. The number of hydrogen-bond acceptors (Lipinski definition) is 5. The predicted octanol–water partition coefficient (Wildman–Crippen LogP) is 1.56. The number of aromatic nitrogens is 3. The van der Waals surface area contributed by atoms with E-state index in [1.165, 1.54) is 0 Å². The molecule has 20 heavy (non-hydrogen) atoms. The number of aryl methyl sites for hydroxylation is 2. The summed E-state index contributed by atoms with van der Waals surface area (Å²) in [4.78, 5) is 24.4. The standard InChI is InChI=1S/C14H17N5O/c1-8-5-4-6-11(16-8)10(3)18-13(20)12-7-9(2)17-14(15)19-12/h4-7,10H,1-3H3,(H,18,20)(H2,15,17,19)/t10-/m1/s1. The van der Waals surface area contributed by atoms with E-state index >= 15 is 0 Å². The molecule has 0 fully saturated rings. The summed E-state index contributed by atoms with van der Waals surface area (Å²) in [5, 5.41) is 2.85. The molecule has 6 heteroatoms. The third kappa shape index (κ3) is 3.28. The minimum Gasteiger partial charge on any atom is -0.368 e. The zero-order chi connectivity index (χ0) is 14.7. The zero-order valence-electron chi connectivity index (χ0n) is 11.7. The number of amides is 1. The molecule has 2 heterocycles. The first kappa shape index (κ1) is 13.9. The highest BCUT2D eigenvalue weighted by Crippen LogP contribution is 2.11. The Balaban J connectivity index is 2.15. The van der Waals surface area contributed by atoms with Crippen molar-refractivity contribution in [3.8, 4) is 0 Å². The lowest BCUT2D eigenvalue weighted by atomic mass is 10.2. The Labute approximate surface area is 117 Å². The van der Waals surface area contributed by atoms with Crippen LogP contribution >= 0.6 is 0 Å². The molecule has 0 radical (unpaired) electrons. The molecule has 2 rings (SSSR count). The SMILES string of the molecule is Cc1cccc([C@@H](C)NC(=O)c2cc(C)nc(N)n2)n1. The van der Waals surface area contributed by atoms with Crippen molar-refractivity contribution in [2.45, 2.75) is 26.8 Å². The maximum Gasteiger partial charge on any atom is 0.270 e. The van der Waals surface area contributed by atoms with Gasteiger partial charge in [-0.05, 0) is 39.0 Å². The highest BCUT2D eigenvalue weighted by molar-refractivity contribution is 5.92. The number of nitrogens with one attached hydrogen (secondary N) is 1. The molecule has 0 aromatic carbocycles. The largest absolute Gasteiger partial charge is 0.368 e. The highest BCUT2D eigenvalue weighted by atomic mass is 16.1. The molecule has 2 aromatic rings. The van der Waals surface area contributed by atoms with Crippen LogP contribution in [0, 0.1) is 13.8 Å². The number of carbonyl (C=O) groups excluding carboxylic acids is 1. The quantitative estimate of drug-likeness (QED) is 0.883. The van der Waals surface area contributed by atoms with Gasteiger partial charge in [0.05, 0.1) is 11.7 Å².